The van der Waals surface area contributed by atoms with Gasteiger partial charge in [0.25, 0.3) is 5.69 Å². The third kappa shape index (κ3) is 4.06. The maximum Gasteiger partial charge on any atom is 0.271 e. The first kappa shape index (κ1) is 19.2. The lowest BCUT2D eigenvalue weighted by molar-refractivity contribution is -0.384. The highest BCUT2D eigenvalue weighted by atomic mass is 35.5. The number of hydrogen-bond acceptors (Lipinski definition) is 5. The van der Waals surface area contributed by atoms with Crippen molar-refractivity contribution in [3.05, 3.63) is 57.6 Å². The number of imidazole rings is 1. The number of nitrogens with one attached hydrogen (secondary N) is 1. The van der Waals surface area contributed by atoms with E-state index < -0.39 is 10.2 Å². The quantitative estimate of drug-likeness (QED) is 0.364. The highest BCUT2D eigenvalue weighted by molar-refractivity contribution is 8.00. The first-order valence-electron chi connectivity index (χ1n) is 8.27. The van der Waals surface area contributed by atoms with Gasteiger partial charge in [-0.15, -0.1) is 0 Å². The van der Waals surface area contributed by atoms with Crippen LogP contribution >= 0.6 is 23.4 Å². The molecule has 1 aromatic heterocycles. The van der Waals surface area contributed by atoms with Gasteiger partial charge in [0.05, 0.1) is 31.9 Å². The zero-order valence-corrected chi connectivity index (χ0v) is 16.3. The Kier molecular flexibility index (Phi) is 5.67. The van der Waals surface area contributed by atoms with E-state index in [2.05, 4.69) is 14.9 Å². The summed E-state index contributed by atoms with van der Waals surface area (Å²) in [6, 6.07) is 11.8. The summed E-state index contributed by atoms with van der Waals surface area (Å²) in [5, 5.41) is 13.9. The topological polar surface area (TPSA) is 90.1 Å². The Bertz CT molecular complexity index is 1020. The van der Waals surface area contributed by atoms with Crippen LogP contribution in [-0.4, -0.2) is 25.6 Å². The highest BCUT2D eigenvalue weighted by Crippen LogP contribution is 2.30. The summed E-state index contributed by atoms with van der Waals surface area (Å²) in [5.41, 5.74) is 2.11. The molecule has 1 unspecified atom stereocenters. The number of fused-ring (bicyclic) bond motifs is 1. The molecular formula is C18H17ClN4O3S. The van der Waals surface area contributed by atoms with Crippen LogP contribution in [0.15, 0.2) is 47.6 Å². The normalized spacial score (nSPS) is 12.1. The number of benzene rings is 2. The molecule has 140 valence electrons. The Balaban J connectivity index is 1.76. The number of para-hydroxylation sites is 2. The Morgan fingerprint density at radius 3 is 2.78 bits per heavy atom. The van der Waals surface area contributed by atoms with Gasteiger partial charge in [0.2, 0.25) is 5.91 Å². The number of thioether (sulfide) groups is 1. The van der Waals surface area contributed by atoms with E-state index in [0.29, 0.717) is 5.69 Å². The minimum atomic E-state index is -0.537. The molecule has 1 N–H and O–H groups in total. The molecule has 27 heavy (non-hydrogen) atoms. The van der Waals surface area contributed by atoms with E-state index in [1.807, 2.05) is 31.2 Å². The zero-order chi connectivity index (χ0) is 19.6. The zero-order valence-electron chi connectivity index (χ0n) is 14.7. The number of halogens is 1. The number of rotatable bonds is 6. The molecule has 0 saturated heterocycles. The lowest BCUT2D eigenvalue weighted by Crippen LogP contribution is -2.23. The van der Waals surface area contributed by atoms with Crippen molar-refractivity contribution in [1.82, 2.24) is 9.55 Å². The van der Waals surface area contributed by atoms with Gasteiger partial charge in [-0.25, -0.2) is 4.98 Å². The van der Waals surface area contributed by atoms with E-state index in [4.69, 9.17) is 11.6 Å². The number of nitro benzene ring substituents is 1. The maximum atomic E-state index is 12.5. The van der Waals surface area contributed by atoms with Crippen LogP contribution in [0.3, 0.4) is 0 Å². The molecule has 0 aliphatic carbocycles. The van der Waals surface area contributed by atoms with Crippen molar-refractivity contribution < 1.29 is 9.72 Å². The van der Waals surface area contributed by atoms with E-state index in [-0.39, 0.29) is 16.6 Å². The van der Waals surface area contributed by atoms with Gasteiger partial charge in [0.15, 0.2) is 5.16 Å². The molecule has 0 spiro atoms. The second kappa shape index (κ2) is 7.98. The predicted octanol–water partition coefficient (Wildman–Crippen LogP) is 4.74. The van der Waals surface area contributed by atoms with Crippen molar-refractivity contribution >= 4 is 51.7 Å². The third-order valence-electron chi connectivity index (χ3n) is 4.01. The Morgan fingerprint density at radius 1 is 1.37 bits per heavy atom. The summed E-state index contributed by atoms with van der Waals surface area (Å²) in [6.45, 7) is 4.55. The van der Waals surface area contributed by atoms with Crippen LogP contribution in [0, 0.1) is 10.1 Å². The highest BCUT2D eigenvalue weighted by Gasteiger charge is 2.20. The second-order valence-electron chi connectivity index (χ2n) is 5.80. The Morgan fingerprint density at radius 2 is 2.11 bits per heavy atom. The van der Waals surface area contributed by atoms with Gasteiger partial charge in [-0.2, -0.15) is 0 Å². The number of hydrogen-bond donors (Lipinski definition) is 1. The number of nitro groups is 1. The van der Waals surface area contributed by atoms with Crippen LogP contribution in [0.2, 0.25) is 5.02 Å². The molecular weight excluding hydrogens is 388 g/mol. The first-order valence-corrected chi connectivity index (χ1v) is 9.53. The third-order valence-corrected chi connectivity index (χ3v) is 5.41. The average Bonchev–Trinajstić information content (AvgIpc) is 2.99. The minimum absolute atomic E-state index is 0.121. The molecule has 1 heterocycles. The molecule has 9 heteroatoms. The fourth-order valence-corrected chi connectivity index (χ4v) is 3.82. The number of amides is 1. The number of nitrogens with zero attached hydrogens (tertiary/aromatic N) is 3. The Labute approximate surface area is 164 Å². The lowest BCUT2D eigenvalue weighted by Gasteiger charge is -2.13. The molecule has 7 nitrogen and oxygen atoms in total. The summed E-state index contributed by atoms with van der Waals surface area (Å²) < 4.78 is 2.06. The average molecular weight is 405 g/mol. The van der Waals surface area contributed by atoms with Crippen LogP contribution in [-0.2, 0) is 11.3 Å². The monoisotopic (exact) mass is 404 g/mol. The number of aryl methyl sites for hydroxylation is 1. The van der Waals surface area contributed by atoms with E-state index in [0.717, 1.165) is 22.7 Å². The van der Waals surface area contributed by atoms with E-state index in [1.54, 1.807) is 6.92 Å². The van der Waals surface area contributed by atoms with E-state index >= 15 is 0 Å². The largest absolute Gasteiger partial charge is 0.324 e. The van der Waals surface area contributed by atoms with Gasteiger partial charge in [0.1, 0.15) is 0 Å². The van der Waals surface area contributed by atoms with Crippen molar-refractivity contribution in [2.24, 2.45) is 0 Å². The first-order chi connectivity index (χ1) is 12.9. The van der Waals surface area contributed by atoms with Crippen LogP contribution in [0.5, 0.6) is 0 Å². The number of aromatic nitrogens is 2. The van der Waals surface area contributed by atoms with Crippen molar-refractivity contribution in [2.75, 3.05) is 5.32 Å². The number of carbonyl (C=O) groups is 1. The summed E-state index contributed by atoms with van der Waals surface area (Å²) in [7, 11) is 0. The van der Waals surface area contributed by atoms with Crippen molar-refractivity contribution in [2.45, 2.75) is 30.8 Å². The molecule has 0 aliphatic rings. The fourth-order valence-electron chi connectivity index (χ4n) is 2.61. The fraction of sp³-hybridized carbons (Fsp3) is 0.222. The summed E-state index contributed by atoms with van der Waals surface area (Å²) in [4.78, 5) is 27.4. The Hall–Kier alpha value is -2.58. The molecule has 2 aromatic carbocycles. The molecule has 0 bridgehead atoms. The van der Waals surface area contributed by atoms with Crippen LogP contribution in [0.1, 0.15) is 13.8 Å². The van der Waals surface area contributed by atoms with Gasteiger partial charge in [-0.05, 0) is 32.0 Å². The minimum Gasteiger partial charge on any atom is -0.324 e. The van der Waals surface area contributed by atoms with Crippen molar-refractivity contribution in [1.29, 1.82) is 0 Å². The van der Waals surface area contributed by atoms with Gasteiger partial charge in [0, 0.05) is 18.7 Å². The summed E-state index contributed by atoms with van der Waals surface area (Å²) in [6.07, 6.45) is 0. The molecule has 1 amide bonds. The van der Waals surface area contributed by atoms with Gasteiger partial charge >= 0.3 is 0 Å². The second-order valence-corrected chi connectivity index (χ2v) is 7.51. The molecule has 0 aliphatic heterocycles. The van der Waals surface area contributed by atoms with Crippen LogP contribution < -0.4 is 5.32 Å². The van der Waals surface area contributed by atoms with Gasteiger partial charge in [-0.1, -0.05) is 35.5 Å². The van der Waals surface area contributed by atoms with E-state index in [1.165, 1.54) is 30.0 Å². The van der Waals surface area contributed by atoms with Gasteiger partial charge < -0.3 is 9.88 Å². The molecule has 3 rings (SSSR count). The smallest absolute Gasteiger partial charge is 0.271 e. The molecule has 0 fully saturated rings. The lowest BCUT2D eigenvalue weighted by atomic mass is 10.2. The molecule has 0 radical (unpaired) electrons. The SMILES string of the molecule is CCn1c(SC(C)C(=O)Nc2ccc([N+](=O)[O-])cc2Cl)nc2ccccc21. The molecule has 0 saturated carbocycles. The number of non-ortho nitro benzene ring substituents is 1. The van der Waals surface area contributed by atoms with Gasteiger partial charge in [-0.3, -0.25) is 14.9 Å². The summed E-state index contributed by atoms with van der Waals surface area (Å²) >= 11 is 7.39. The predicted molar refractivity (Wildman–Crippen MR) is 107 cm³/mol. The van der Waals surface area contributed by atoms with Crippen LogP contribution in [0.25, 0.3) is 11.0 Å². The van der Waals surface area contributed by atoms with Crippen LogP contribution in [0.4, 0.5) is 11.4 Å². The summed E-state index contributed by atoms with van der Waals surface area (Å²) in [5.74, 6) is -0.259. The van der Waals surface area contributed by atoms with E-state index in [9.17, 15) is 14.9 Å². The molecule has 1 atom stereocenters. The number of anilines is 1. The van der Waals surface area contributed by atoms with Crippen molar-refractivity contribution in [3.8, 4) is 0 Å². The maximum absolute atomic E-state index is 12.5. The number of carbonyl (C=O) groups excluding carboxylic acids is 1. The van der Waals surface area contributed by atoms with Crippen molar-refractivity contribution in [3.63, 3.8) is 0 Å². The molecule has 3 aromatic rings. The standard InChI is InChI=1S/C18H17ClN4O3S/c1-3-22-16-7-5-4-6-15(16)21-18(22)27-11(2)17(24)20-14-9-8-12(23(25)26)10-13(14)19/h4-11H,3H2,1-2H3,(H,20,24).